The largest absolute Gasteiger partial charge is 0.471 e. The van der Waals surface area contributed by atoms with Gasteiger partial charge in [0.25, 0.3) is 0 Å². The molecule has 0 spiro atoms. The fourth-order valence-electron chi connectivity index (χ4n) is 2.71. The van der Waals surface area contributed by atoms with Crippen LogP contribution in [0.1, 0.15) is 5.56 Å². The quantitative estimate of drug-likeness (QED) is 0.224. The summed E-state index contributed by atoms with van der Waals surface area (Å²) < 4.78 is 57.4. The fourth-order valence-corrected chi connectivity index (χ4v) is 3.98. The van der Waals surface area contributed by atoms with E-state index in [2.05, 4.69) is 4.98 Å². The molecule has 1 aromatic heterocycles. The van der Waals surface area contributed by atoms with E-state index in [9.17, 15) is 22.2 Å². The van der Waals surface area contributed by atoms with Crippen LogP contribution in [0.3, 0.4) is 0 Å². The number of nitrogens with one attached hydrogen (secondary N) is 1. The summed E-state index contributed by atoms with van der Waals surface area (Å²) in [6, 6.07) is 15.6. The van der Waals surface area contributed by atoms with Crippen molar-refractivity contribution in [3.05, 3.63) is 68.9 Å². The molecular formula is C20H13ClF3IN2O3S. The molecule has 2 aromatic carbocycles. The maximum absolute atomic E-state index is 12.5. The Kier molecular flexibility index (Phi) is 7.35. The number of carbonyl (C=O) groups is 1. The van der Waals surface area contributed by atoms with Gasteiger partial charge >= 0.3 is 12.1 Å². The molecule has 1 amide bonds. The van der Waals surface area contributed by atoms with Crippen molar-refractivity contribution in [3.63, 3.8) is 0 Å². The molecule has 0 fully saturated rings. The van der Waals surface area contributed by atoms with Gasteiger partial charge in [0.05, 0.1) is 22.2 Å². The second-order valence-electron chi connectivity index (χ2n) is 6.35. The van der Waals surface area contributed by atoms with E-state index in [4.69, 9.17) is 16.2 Å². The first-order valence-corrected chi connectivity index (χ1v) is 11.3. The van der Waals surface area contributed by atoms with Crippen molar-refractivity contribution < 1.29 is 26.7 Å². The Labute approximate surface area is 196 Å². The highest BCUT2D eigenvalue weighted by molar-refractivity contribution is 14.1. The van der Waals surface area contributed by atoms with Crippen LogP contribution in [0.25, 0.3) is 22.4 Å². The molecule has 31 heavy (non-hydrogen) atoms. The normalized spacial score (nSPS) is 12.5. The Balaban J connectivity index is 1.83. The minimum Gasteiger partial charge on any atom is -0.316 e. The third kappa shape index (κ3) is 6.03. The lowest BCUT2D eigenvalue weighted by atomic mass is 10.0. The average Bonchev–Trinajstić information content (AvgIpc) is 2.70. The molecule has 0 aliphatic carbocycles. The summed E-state index contributed by atoms with van der Waals surface area (Å²) in [6.07, 6.45) is -5.02. The topological polar surface area (TPSA) is 79.3 Å². The summed E-state index contributed by atoms with van der Waals surface area (Å²) >= 11 is 6.03. The molecular weight excluding hydrogens is 568 g/mol. The minimum atomic E-state index is -5.02. The van der Waals surface area contributed by atoms with E-state index in [1.54, 1.807) is 52.2 Å². The minimum absolute atomic E-state index is 0.0570. The summed E-state index contributed by atoms with van der Waals surface area (Å²) in [7, 11) is 0. The molecule has 11 heteroatoms. The second-order valence-corrected chi connectivity index (χ2v) is 8.71. The van der Waals surface area contributed by atoms with Crippen LogP contribution in [0.2, 0.25) is 5.02 Å². The lowest BCUT2D eigenvalue weighted by Crippen LogP contribution is -2.30. The Morgan fingerprint density at radius 2 is 1.58 bits per heavy atom. The van der Waals surface area contributed by atoms with Crippen LogP contribution in [-0.4, -0.2) is 25.8 Å². The smallest absolute Gasteiger partial charge is 0.316 e. The monoisotopic (exact) mass is 580 g/mol. The molecule has 0 radical (unpaired) electrons. The molecule has 3 rings (SSSR count). The van der Waals surface area contributed by atoms with E-state index in [1.807, 2.05) is 24.3 Å². The van der Waals surface area contributed by atoms with Gasteiger partial charge in [0, 0.05) is 5.56 Å². The first-order valence-electron chi connectivity index (χ1n) is 8.56. The Bertz CT molecular complexity index is 1140. The number of rotatable bonds is 5. The number of amides is 1. The van der Waals surface area contributed by atoms with Crippen molar-refractivity contribution in [1.29, 1.82) is 0 Å². The van der Waals surface area contributed by atoms with E-state index in [0.29, 0.717) is 11.3 Å². The van der Waals surface area contributed by atoms with E-state index in [0.717, 1.165) is 16.7 Å². The molecule has 1 atom stereocenters. The number of alkyl halides is 3. The van der Waals surface area contributed by atoms with Gasteiger partial charge in [-0.2, -0.15) is 13.2 Å². The number of anilines is 1. The van der Waals surface area contributed by atoms with Crippen molar-refractivity contribution in [1.82, 2.24) is 4.98 Å². The highest BCUT2D eigenvalue weighted by Gasteiger charge is 2.39. The van der Waals surface area contributed by atoms with Gasteiger partial charge in [0.2, 0.25) is 0 Å². The van der Waals surface area contributed by atoms with Crippen molar-refractivity contribution in [2.24, 2.45) is 0 Å². The zero-order valence-corrected chi connectivity index (χ0v) is 19.1. The predicted molar refractivity (Wildman–Crippen MR) is 122 cm³/mol. The Morgan fingerprint density at radius 1 is 1.06 bits per heavy atom. The Hall–Kier alpha value is -2.02. The van der Waals surface area contributed by atoms with Gasteiger partial charge in [-0.1, -0.05) is 60.1 Å². The number of halogens is 5. The van der Waals surface area contributed by atoms with Crippen molar-refractivity contribution in [2.75, 3.05) is 5.32 Å². The molecule has 3 aromatic rings. The third-order valence-electron chi connectivity index (χ3n) is 4.17. The van der Waals surface area contributed by atoms with Gasteiger partial charge in [-0.05, 0) is 45.3 Å². The summed E-state index contributed by atoms with van der Waals surface area (Å²) in [4.78, 5) is 15.4. The van der Waals surface area contributed by atoms with Gasteiger partial charge in [-0.3, -0.25) is 4.79 Å². The van der Waals surface area contributed by atoms with Crippen LogP contribution in [0.5, 0.6) is 0 Å². The first kappa shape index (κ1) is 23.6. The highest BCUT2D eigenvalue weighted by atomic mass is 127. The average molecular weight is 581 g/mol. The number of pyridine rings is 1. The van der Waals surface area contributed by atoms with Crippen molar-refractivity contribution in [3.8, 4) is 22.4 Å². The Morgan fingerprint density at radius 3 is 2.10 bits per heavy atom. The molecule has 162 valence electrons. The second kappa shape index (κ2) is 9.63. The number of hydrogen-bond donors (Lipinski definition) is 2. The molecule has 0 saturated heterocycles. The molecule has 1 unspecified atom stereocenters. The van der Waals surface area contributed by atoms with Gasteiger partial charge in [0.1, 0.15) is 3.70 Å². The van der Waals surface area contributed by atoms with E-state index < -0.39 is 23.2 Å². The van der Waals surface area contributed by atoms with Gasteiger partial charge < -0.3 is 9.87 Å². The van der Waals surface area contributed by atoms with Crippen LogP contribution in [0.15, 0.2) is 54.6 Å². The summed E-state index contributed by atoms with van der Waals surface area (Å²) in [5.41, 5.74) is 3.41. The third-order valence-corrected chi connectivity index (χ3v) is 5.86. The molecule has 2 N–H and O–H groups in total. The molecule has 0 aliphatic rings. The molecule has 5 nitrogen and oxygen atoms in total. The zero-order chi connectivity index (χ0) is 22.8. The van der Waals surface area contributed by atoms with Crippen molar-refractivity contribution in [2.45, 2.75) is 11.9 Å². The maximum atomic E-state index is 12.5. The SMILES string of the molecule is O=C(Nc1cc(Cl)c(-c2ccc(-c3ccc(CS(=O)O)cc3)cc2)nc1I)C(F)(F)F. The number of benzene rings is 2. The number of carbonyl (C=O) groups excluding carboxylic acids is 1. The van der Waals surface area contributed by atoms with E-state index >= 15 is 0 Å². The lowest BCUT2D eigenvalue weighted by molar-refractivity contribution is -0.167. The number of hydrogen-bond acceptors (Lipinski definition) is 3. The standard InChI is InChI=1S/C20H13ClF3IN2O3S/c21-15-9-16(26-19(28)20(22,23)24)18(25)27-17(15)14-7-5-13(6-8-14)12-3-1-11(2-4-12)10-31(29)30/h1-9H,10H2,(H,26,28)(H,29,30). The van der Waals surface area contributed by atoms with Gasteiger partial charge in [-0.15, -0.1) is 0 Å². The van der Waals surface area contributed by atoms with Crippen LogP contribution in [0, 0.1) is 3.70 Å². The van der Waals surface area contributed by atoms with Crippen molar-refractivity contribution >= 4 is 56.9 Å². The highest BCUT2D eigenvalue weighted by Crippen LogP contribution is 2.33. The molecule has 1 heterocycles. The van der Waals surface area contributed by atoms with Gasteiger partial charge in [0.15, 0.2) is 11.1 Å². The van der Waals surface area contributed by atoms with Crippen LogP contribution < -0.4 is 5.32 Å². The zero-order valence-electron chi connectivity index (χ0n) is 15.4. The molecule has 0 aliphatic heterocycles. The first-order chi connectivity index (χ1) is 14.5. The van der Waals surface area contributed by atoms with Crippen LogP contribution >= 0.6 is 34.2 Å². The van der Waals surface area contributed by atoms with Crippen LogP contribution in [0.4, 0.5) is 18.9 Å². The fraction of sp³-hybridized carbons (Fsp3) is 0.100. The number of nitrogens with zero attached hydrogens (tertiary/aromatic N) is 1. The lowest BCUT2D eigenvalue weighted by Gasteiger charge is -2.12. The summed E-state index contributed by atoms with van der Waals surface area (Å²) in [6.45, 7) is 0. The predicted octanol–water partition coefficient (Wildman–Crippen LogP) is 5.90. The van der Waals surface area contributed by atoms with E-state index in [1.165, 1.54) is 6.07 Å². The summed E-state index contributed by atoms with van der Waals surface area (Å²) in [5.74, 6) is -2.04. The molecule has 0 bridgehead atoms. The van der Waals surface area contributed by atoms with Gasteiger partial charge in [-0.25, -0.2) is 9.19 Å². The van der Waals surface area contributed by atoms with Crippen LogP contribution in [-0.2, 0) is 21.6 Å². The molecule has 0 saturated carbocycles. The summed E-state index contributed by atoms with van der Waals surface area (Å²) in [5, 5.41) is 1.85. The number of aromatic nitrogens is 1. The maximum Gasteiger partial charge on any atom is 0.471 e. The van der Waals surface area contributed by atoms with E-state index in [-0.39, 0.29) is 20.2 Å².